The molecule has 3 aromatic rings. The molecule has 2 heterocycles. The number of aliphatic hydroxyl groups excluding tert-OH is 3. The molecule has 4 rings (SSSR count). The minimum atomic E-state index is -1.20. The fourth-order valence-corrected chi connectivity index (χ4v) is 4.92. The van der Waals surface area contributed by atoms with Crippen molar-refractivity contribution in [1.82, 2.24) is 0 Å². The minimum absolute atomic E-state index is 0.0863. The number of benzene rings is 2. The van der Waals surface area contributed by atoms with Crippen LogP contribution in [0.1, 0.15) is 28.5 Å². The second kappa shape index (κ2) is 8.30. The molecule has 1 saturated heterocycles. The Labute approximate surface area is 172 Å². The number of rotatable bonds is 5. The Morgan fingerprint density at radius 2 is 1.97 bits per heavy atom. The quantitative estimate of drug-likeness (QED) is 0.511. The molecular formula is C22H24O6S. The number of aromatic hydroxyl groups is 1. The van der Waals surface area contributed by atoms with E-state index in [1.807, 2.05) is 12.1 Å². The lowest BCUT2D eigenvalue weighted by Gasteiger charge is -2.37. The number of hydrogen-bond acceptors (Lipinski definition) is 7. The SMILES string of the molecule is COc1cc(O)c(C2O[C@H](CO)C[C@H](O)[C@H]2O)cc1Cc1cc2ccccc2s1. The van der Waals surface area contributed by atoms with Crippen LogP contribution in [-0.4, -0.2) is 52.5 Å². The Balaban J connectivity index is 1.70. The van der Waals surface area contributed by atoms with Gasteiger partial charge in [0.15, 0.2) is 0 Å². The zero-order chi connectivity index (χ0) is 20.5. The first-order chi connectivity index (χ1) is 14.0. The molecule has 0 amide bonds. The lowest BCUT2D eigenvalue weighted by molar-refractivity contribution is -0.180. The van der Waals surface area contributed by atoms with E-state index in [0.717, 1.165) is 10.4 Å². The van der Waals surface area contributed by atoms with Crippen molar-refractivity contribution in [1.29, 1.82) is 0 Å². The maximum atomic E-state index is 10.5. The van der Waals surface area contributed by atoms with E-state index < -0.39 is 24.4 Å². The van der Waals surface area contributed by atoms with Gasteiger partial charge in [-0.2, -0.15) is 0 Å². The topological polar surface area (TPSA) is 99.4 Å². The summed E-state index contributed by atoms with van der Waals surface area (Å²) in [5.41, 5.74) is 1.20. The van der Waals surface area contributed by atoms with E-state index in [-0.39, 0.29) is 18.8 Å². The fourth-order valence-electron chi connectivity index (χ4n) is 3.83. The van der Waals surface area contributed by atoms with Gasteiger partial charge in [0.1, 0.15) is 23.7 Å². The second-order valence-electron chi connectivity index (χ2n) is 7.31. The zero-order valence-corrected chi connectivity index (χ0v) is 16.8. The van der Waals surface area contributed by atoms with Crippen LogP contribution in [0.25, 0.3) is 10.1 Å². The lowest BCUT2D eigenvalue weighted by atomic mass is 9.91. The summed E-state index contributed by atoms with van der Waals surface area (Å²) in [6.45, 7) is -0.272. The van der Waals surface area contributed by atoms with Gasteiger partial charge in [0.05, 0.1) is 25.9 Å². The molecular weight excluding hydrogens is 392 g/mol. The molecule has 2 aromatic carbocycles. The van der Waals surface area contributed by atoms with Gasteiger partial charge >= 0.3 is 0 Å². The Morgan fingerprint density at radius 1 is 1.17 bits per heavy atom. The van der Waals surface area contributed by atoms with Crippen LogP contribution >= 0.6 is 11.3 Å². The van der Waals surface area contributed by atoms with E-state index in [9.17, 15) is 20.4 Å². The first kappa shape index (κ1) is 20.1. The molecule has 1 aliphatic rings. The number of thiophene rings is 1. The molecule has 1 fully saturated rings. The number of phenols is 1. The summed E-state index contributed by atoms with van der Waals surface area (Å²) < 4.78 is 12.4. The minimum Gasteiger partial charge on any atom is -0.507 e. The molecule has 4 atom stereocenters. The van der Waals surface area contributed by atoms with Gasteiger partial charge in [-0.05, 0) is 29.1 Å². The molecule has 7 heteroatoms. The van der Waals surface area contributed by atoms with Gasteiger partial charge < -0.3 is 29.9 Å². The Bertz CT molecular complexity index is 967. The van der Waals surface area contributed by atoms with Crippen LogP contribution in [0.15, 0.2) is 42.5 Å². The van der Waals surface area contributed by atoms with Gasteiger partial charge in [-0.1, -0.05) is 18.2 Å². The summed E-state index contributed by atoms with van der Waals surface area (Å²) in [5, 5.41) is 41.7. The van der Waals surface area contributed by atoms with Crippen molar-refractivity contribution in [2.75, 3.05) is 13.7 Å². The second-order valence-corrected chi connectivity index (χ2v) is 8.47. The molecule has 0 radical (unpaired) electrons. The molecule has 0 bridgehead atoms. The molecule has 154 valence electrons. The van der Waals surface area contributed by atoms with Crippen LogP contribution in [0.3, 0.4) is 0 Å². The number of phenolic OH excluding ortho intramolecular Hbond substituents is 1. The maximum absolute atomic E-state index is 10.5. The largest absolute Gasteiger partial charge is 0.507 e. The predicted octanol–water partition coefficient (Wildman–Crippen LogP) is 2.75. The molecule has 0 aliphatic carbocycles. The highest BCUT2D eigenvalue weighted by Gasteiger charge is 2.39. The van der Waals surface area contributed by atoms with E-state index in [1.165, 1.54) is 16.2 Å². The summed E-state index contributed by atoms with van der Waals surface area (Å²) in [7, 11) is 1.54. The van der Waals surface area contributed by atoms with Crippen molar-refractivity contribution in [3.8, 4) is 11.5 Å². The van der Waals surface area contributed by atoms with Gasteiger partial charge in [0, 0.05) is 34.0 Å². The number of aliphatic hydroxyl groups is 3. The number of fused-ring (bicyclic) bond motifs is 1. The lowest BCUT2D eigenvalue weighted by Crippen LogP contribution is -2.44. The van der Waals surface area contributed by atoms with Crippen LogP contribution in [0, 0.1) is 0 Å². The monoisotopic (exact) mass is 416 g/mol. The van der Waals surface area contributed by atoms with Crippen LogP contribution in [-0.2, 0) is 11.2 Å². The van der Waals surface area contributed by atoms with E-state index >= 15 is 0 Å². The molecule has 1 unspecified atom stereocenters. The van der Waals surface area contributed by atoms with Crippen molar-refractivity contribution in [2.24, 2.45) is 0 Å². The van der Waals surface area contributed by atoms with Crippen molar-refractivity contribution in [3.05, 3.63) is 58.5 Å². The fraction of sp³-hybridized carbons (Fsp3) is 0.364. The van der Waals surface area contributed by atoms with Crippen molar-refractivity contribution >= 4 is 21.4 Å². The number of methoxy groups -OCH3 is 1. The van der Waals surface area contributed by atoms with Crippen LogP contribution in [0.2, 0.25) is 0 Å². The molecule has 0 saturated carbocycles. The van der Waals surface area contributed by atoms with Crippen molar-refractivity contribution < 1.29 is 29.9 Å². The summed E-state index contributed by atoms with van der Waals surface area (Å²) in [6.07, 6.45) is -3.06. The van der Waals surface area contributed by atoms with Crippen molar-refractivity contribution in [3.63, 3.8) is 0 Å². The van der Waals surface area contributed by atoms with Gasteiger partial charge in [-0.25, -0.2) is 0 Å². The van der Waals surface area contributed by atoms with Gasteiger partial charge in [0.25, 0.3) is 0 Å². The Kier molecular flexibility index (Phi) is 5.76. The van der Waals surface area contributed by atoms with Crippen LogP contribution < -0.4 is 4.74 Å². The van der Waals surface area contributed by atoms with Crippen LogP contribution in [0.5, 0.6) is 11.5 Å². The van der Waals surface area contributed by atoms with E-state index in [2.05, 4.69) is 18.2 Å². The Morgan fingerprint density at radius 3 is 2.69 bits per heavy atom. The smallest absolute Gasteiger partial charge is 0.126 e. The normalized spacial score (nSPS) is 24.7. The highest BCUT2D eigenvalue weighted by molar-refractivity contribution is 7.19. The number of hydrogen-bond donors (Lipinski definition) is 4. The predicted molar refractivity (Wildman–Crippen MR) is 111 cm³/mol. The zero-order valence-electron chi connectivity index (χ0n) is 16.0. The number of ether oxygens (including phenoxy) is 2. The average molecular weight is 416 g/mol. The Hall–Kier alpha value is -2.16. The standard InChI is InChI=1S/C22H24O6S/c1-27-19-10-17(24)16(22-21(26)18(25)9-14(11-23)28-22)8-13(19)7-15-6-12-4-2-3-5-20(12)29-15/h2-6,8,10,14,18,21-26H,7,9,11H2,1H3/t14-,18-,21+,22?/m0/s1. The van der Waals surface area contributed by atoms with Gasteiger partial charge in [-0.3, -0.25) is 0 Å². The molecule has 6 nitrogen and oxygen atoms in total. The summed E-state index contributed by atoms with van der Waals surface area (Å²) in [5.74, 6) is 0.449. The molecule has 0 spiro atoms. The van der Waals surface area contributed by atoms with E-state index in [4.69, 9.17) is 9.47 Å². The first-order valence-corrected chi connectivity index (χ1v) is 10.3. The third kappa shape index (κ3) is 3.97. The third-order valence-corrected chi connectivity index (χ3v) is 6.45. The van der Waals surface area contributed by atoms with Gasteiger partial charge in [-0.15, -0.1) is 11.3 Å². The molecule has 1 aliphatic heterocycles. The summed E-state index contributed by atoms with van der Waals surface area (Å²) in [4.78, 5) is 1.14. The maximum Gasteiger partial charge on any atom is 0.126 e. The van der Waals surface area contributed by atoms with Crippen molar-refractivity contribution in [2.45, 2.75) is 37.3 Å². The first-order valence-electron chi connectivity index (χ1n) is 9.49. The summed E-state index contributed by atoms with van der Waals surface area (Å²) >= 11 is 1.69. The van der Waals surface area contributed by atoms with E-state index in [1.54, 1.807) is 24.5 Å². The highest BCUT2D eigenvalue weighted by atomic mass is 32.1. The van der Waals surface area contributed by atoms with Gasteiger partial charge in [0.2, 0.25) is 0 Å². The molecule has 4 N–H and O–H groups in total. The van der Waals surface area contributed by atoms with Crippen LogP contribution in [0.4, 0.5) is 0 Å². The molecule has 29 heavy (non-hydrogen) atoms. The van der Waals surface area contributed by atoms with E-state index in [0.29, 0.717) is 17.7 Å². The highest BCUT2D eigenvalue weighted by Crippen LogP contribution is 2.40. The third-order valence-electron chi connectivity index (χ3n) is 5.33. The molecule has 1 aromatic heterocycles. The average Bonchev–Trinajstić information content (AvgIpc) is 3.13. The summed E-state index contributed by atoms with van der Waals surface area (Å²) in [6, 6.07) is 13.5.